The minimum absolute atomic E-state index is 0.0719. The number of methoxy groups -OCH3 is 3. The minimum Gasteiger partial charge on any atom is -0.497 e. The largest absolute Gasteiger partial charge is 0.497 e. The van der Waals surface area contributed by atoms with Crippen LogP contribution in [0.4, 0.5) is 11.4 Å². The molecule has 0 spiro atoms. The lowest BCUT2D eigenvalue weighted by Gasteiger charge is -2.24. The Morgan fingerprint density at radius 2 is 1.65 bits per heavy atom. The quantitative estimate of drug-likeness (QED) is 0.466. The second kappa shape index (κ2) is 11.0. The molecule has 0 radical (unpaired) electrons. The van der Waals surface area contributed by atoms with Gasteiger partial charge in [0.05, 0.1) is 39.3 Å². The highest BCUT2D eigenvalue weighted by molar-refractivity contribution is 7.92. The van der Waals surface area contributed by atoms with Gasteiger partial charge in [0.2, 0.25) is 10.0 Å². The lowest BCUT2D eigenvalue weighted by atomic mass is 10.1. The van der Waals surface area contributed by atoms with E-state index < -0.39 is 10.0 Å². The number of ether oxygens (including phenoxy) is 3. The van der Waals surface area contributed by atoms with E-state index in [0.717, 1.165) is 11.8 Å². The Labute approximate surface area is 200 Å². The third-order valence-electron chi connectivity index (χ3n) is 5.09. The van der Waals surface area contributed by atoms with Crippen LogP contribution in [-0.2, 0) is 27.9 Å². The normalized spacial score (nSPS) is 11.1. The first-order chi connectivity index (χ1) is 16.2. The van der Waals surface area contributed by atoms with Crippen LogP contribution >= 0.6 is 0 Å². The van der Waals surface area contributed by atoms with E-state index in [1.165, 1.54) is 18.5 Å². The van der Waals surface area contributed by atoms with Crippen LogP contribution in [0.15, 0.2) is 66.7 Å². The van der Waals surface area contributed by atoms with Crippen LogP contribution in [0.2, 0.25) is 0 Å². The molecule has 1 N–H and O–H groups in total. The molecule has 0 saturated carbocycles. The molecule has 3 aromatic rings. The second-order valence-electron chi connectivity index (χ2n) is 7.59. The number of carbonyl (C=O) groups is 1. The topological polar surface area (TPSA) is 94.2 Å². The van der Waals surface area contributed by atoms with Crippen molar-refractivity contribution < 1.29 is 27.4 Å². The molecule has 180 valence electrons. The number of carbonyl (C=O) groups excluding carboxylic acids is 1. The first-order valence-electron chi connectivity index (χ1n) is 10.4. The van der Waals surface area contributed by atoms with E-state index in [1.807, 2.05) is 18.2 Å². The average molecular weight is 485 g/mol. The predicted molar refractivity (Wildman–Crippen MR) is 132 cm³/mol. The minimum atomic E-state index is -3.62. The van der Waals surface area contributed by atoms with E-state index in [2.05, 4.69) is 5.32 Å². The van der Waals surface area contributed by atoms with E-state index in [1.54, 1.807) is 55.6 Å². The van der Waals surface area contributed by atoms with Gasteiger partial charge in [0, 0.05) is 24.4 Å². The van der Waals surface area contributed by atoms with Gasteiger partial charge < -0.3 is 19.5 Å². The third-order valence-corrected chi connectivity index (χ3v) is 6.22. The van der Waals surface area contributed by atoms with Crippen molar-refractivity contribution in [3.63, 3.8) is 0 Å². The summed E-state index contributed by atoms with van der Waals surface area (Å²) in [4.78, 5) is 12.7. The maximum absolute atomic E-state index is 12.7. The van der Waals surface area contributed by atoms with Gasteiger partial charge in [0.25, 0.3) is 5.91 Å². The van der Waals surface area contributed by atoms with Crippen molar-refractivity contribution in [3.05, 3.63) is 83.4 Å². The van der Waals surface area contributed by atoms with E-state index in [9.17, 15) is 13.2 Å². The fraction of sp³-hybridized carbons (Fsp3) is 0.240. The molecule has 0 aromatic heterocycles. The van der Waals surface area contributed by atoms with Gasteiger partial charge in [0.1, 0.15) is 11.5 Å². The molecule has 3 rings (SSSR count). The molecule has 34 heavy (non-hydrogen) atoms. The summed E-state index contributed by atoms with van der Waals surface area (Å²) in [5, 5.41) is 2.86. The maximum Gasteiger partial charge on any atom is 0.255 e. The maximum atomic E-state index is 12.7. The van der Waals surface area contributed by atoms with Crippen LogP contribution in [0.5, 0.6) is 11.5 Å². The van der Waals surface area contributed by atoms with Crippen molar-refractivity contribution in [3.8, 4) is 11.5 Å². The molecule has 0 aliphatic carbocycles. The SMILES string of the molecule is COCc1cccc(NC(=O)c2ccc(CN(c3ccc(OC)cc3OC)S(C)(=O)=O)cc2)c1. The van der Waals surface area contributed by atoms with Gasteiger partial charge in [-0.3, -0.25) is 9.10 Å². The monoisotopic (exact) mass is 484 g/mol. The predicted octanol–water partition coefficient (Wildman–Crippen LogP) is 4.07. The Balaban J connectivity index is 1.79. The number of sulfonamides is 1. The van der Waals surface area contributed by atoms with Gasteiger partial charge in [-0.15, -0.1) is 0 Å². The number of benzene rings is 3. The van der Waals surface area contributed by atoms with Crippen molar-refractivity contribution in [2.45, 2.75) is 13.2 Å². The summed E-state index contributed by atoms with van der Waals surface area (Å²) < 4.78 is 42.1. The fourth-order valence-electron chi connectivity index (χ4n) is 3.41. The summed E-state index contributed by atoms with van der Waals surface area (Å²) in [6.45, 7) is 0.525. The molecular formula is C25H28N2O6S. The molecule has 0 bridgehead atoms. The van der Waals surface area contributed by atoms with Gasteiger partial charge >= 0.3 is 0 Å². The molecule has 0 fully saturated rings. The van der Waals surface area contributed by atoms with Crippen molar-refractivity contribution in [1.82, 2.24) is 0 Å². The highest BCUT2D eigenvalue weighted by Crippen LogP contribution is 2.34. The number of hydrogen-bond donors (Lipinski definition) is 1. The lowest BCUT2D eigenvalue weighted by molar-refractivity contribution is 0.102. The molecule has 3 aromatic carbocycles. The smallest absolute Gasteiger partial charge is 0.255 e. The molecular weight excluding hydrogens is 456 g/mol. The van der Waals surface area contributed by atoms with Crippen molar-refractivity contribution in [2.24, 2.45) is 0 Å². The second-order valence-corrected chi connectivity index (χ2v) is 9.50. The van der Waals surface area contributed by atoms with Crippen molar-refractivity contribution in [1.29, 1.82) is 0 Å². The fourth-order valence-corrected chi connectivity index (χ4v) is 4.30. The summed E-state index contributed by atoms with van der Waals surface area (Å²) in [6, 6.07) is 19.1. The van der Waals surface area contributed by atoms with Crippen LogP contribution < -0.4 is 19.1 Å². The molecule has 1 amide bonds. The summed E-state index contributed by atoms with van der Waals surface area (Å²) in [6.07, 6.45) is 1.14. The van der Waals surface area contributed by atoms with Crippen LogP contribution in [0.3, 0.4) is 0 Å². The number of nitrogens with one attached hydrogen (secondary N) is 1. The number of amides is 1. The Morgan fingerprint density at radius 1 is 0.912 bits per heavy atom. The van der Waals surface area contributed by atoms with Crippen LogP contribution in [-0.4, -0.2) is 41.9 Å². The van der Waals surface area contributed by atoms with Crippen LogP contribution in [0.25, 0.3) is 0 Å². The molecule has 0 aliphatic rings. The van der Waals surface area contributed by atoms with Crippen LogP contribution in [0.1, 0.15) is 21.5 Å². The average Bonchev–Trinajstić information content (AvgIpc) is 2.82. The molecule has 0 unspecified atom stereocenters. The van der Waals surface area contributed by atoms with E-state index in [4.69, 9.17) is 14.2 Å². The molecule has 0 atom stereocenters. The lowest BCUT2D eigenvalue weighted by Crippen LogP contribution is -2.29. The number of hydrogen-bond acceptors (Lipinski definition) is 6. The molecule has 0 saturated heterocycles. The molecule has 0 aliphatic heterocycles. The Morgan fingerprint density at radius 3 is 2.26 bits per heavy atom. The molecule has 8 nitrogen and oxygen atoms in total. The zero-order valence-electron chi connectivity index (χ0n) is 19.6. The van der Waals surface area contributed by atoms with Crippen molar-refractivity contribution in [2.75, 3.05) is 37.2 Å². The standard InChI is InChI=1S/C25H28N2O6S/c1-31-17-19-6-5-7-21(14-19)26-25(28)20-10-8-18(9-11-20)16-27(34(4,29)30)23-13-12-22(32-2)15-24(23)33-3/h5-15H,16-17H2,1-4H3,(H,26,28). The van der Waals surface area contributed by atoms with Gasteiger partial charge in [-0.2, -0.15) is 0 Å². The summed E-state index contributed by atoms with van der Waals surface area (Å²) in [5.41, 5.74) is 3.17. The van der Waals surface area contributed by atoms with E-state index >= 15 is 0 Å². The summed E-state index contributed by atoms with van der Waals surface area (Å²) in [7, 11) is 0.986. The third kappa shape index (κ3) is 6.27. The first-order valence-corrected chi connectivity index (χ1v) is 12.3. The van der Waals surface area contributed by atoms with E-state index in [-0.39, 0.29) is 12.5 Å². The van der Waals surface area contributed by atoms with Crippen molar-refractivity contribution >= 4 is 27.3 Å². The Kier molecular flexibility index (Phi) is 8.14. The van der Waals surface area contributed by atoms with Gasteiger partial charge in [-0.05, 0) is 47.5 Å². The van der Waals surface area contributed by atoms with Gasteiger partial charge in [-0.25, -0.2) is 8.42 Å². The zero-order valence-corrected chi connectivity index (χ0v) is 20.4. The Bertz CT molecular complexity index is 1240. The van der Waals surface area contributed by atoms with Gasteiger partial charge in [0.15, 0.2) is 0 Å². The number of nitrogens with zero attached hydrogens (tertiary/aromatic N) is 1. The number of anilines is 2. The number of rotatable bonds is 10. The summed E-state index contributed by atoms with van der Waals surface area (Å²) in [5.74, 6) is 0.659. The highest BCUT2D eigenvalue weighted by atomic mass is 32.2. The Hall–Kier alpha value is -3.56. The van der Waals surface area contributed by atoms with Crippen LogP contribution in [0, 0.1) is 0 Å². The zero-order chi connectivity index (χ0) is 24.7. The van der Waals surface area contributed by atoms with E-state index in [0.29, 0.717) is 40.6 Å². The molecule has 9 heteroatoms. The highest BCUT2D eigenvalue weighted by Gasteiger charge is 2.22. The molecule has 0 heterocycles. The first kappa shape index (κ1) is 25.1. The summed E-state index contributed by atoms with van der Waals surface area (Å²) >= 11 is 0. The van der Waals surface area contributed by atoms with Gasteiger partial charge in [-0.1, -0.05) is 24.3 Å².